The minimum atomic E-state index is -0.533. The minimum Gasteiger partial charge on any atom is -0.390 e. The molecule has 3 atom stereocenters. The molecular formula is C14H25NO3. The fraction of sp³-hybridized carbons (Fsp3) is 1.00. The van der Waals surface area contributed by atoms with Gasteiger partial charge >= 0.3 is 0 Å². The van der Waals surface area contributed by atoms with Gasteiger partial charge < -0.3 is 20.3 Å². The molecule has 0 amide bonds. The molecule has 0 radical (unpaired) electrons. The molecule has 18 heavy (non-hydrogen) atoms. The van der Waals surface area contributed by atoms with Crippen molar-refractivity contribution in [3.63, 3.8) is 0 Å². The van der Waals surface area contributed by atoms with Crippen molar-refractivity contribution in [1.29, 1.82) is 0 Å². The average molecular weight is 255 g/mol. The van der Waals surface area contributed by atoms with E-state index < -0.39 is 5.60 Å². The Labute approximate surface area is 109 Å². The van der Waals surface area contributed by atoms with E-state index >= 15 is 0 Å². The van der Waals surface area contributed by atoms with Crippen LogP contribution in [0.5, 0.6) is 0 Å². The molecule has 3 unspecified atom stereocenters. The summed E-state index contributed by atoms with van der Waals surface area (Å²) < 4.78 is 11.5. The topological polar surface area (TPSA) is 64.7 Å². The summed E-state index contributed by atoms with van der Waals surface area (Å²) in [6.07, 6.45) is 6.52. The Morgan fingerprint density at radius 2 is 1.78 bits per heavy atom. The second kappa shape index (κ2) is 4.75. The second-order valence-corrected chi connectivity index (χ2v) is 6.44. The van der Waals surface area contributed by atoms with Crippen LogP contribution >= 0.6 is 0 Å². The molecule has 0 bridgehead atoms. The van der Waals surface area contributed by atoms with E-state index in [0.29, 0.717) is 5.92 Å². The quantitative estimate of drug-likeness (QED) is 0.739. The van der Waals surface area contributed by atoms with Crippen molar-refractivity contribution in [2.24, 2.45) is 11.7 Å². The van der Waals surface area contributed by atoms with E-state index in [0.717, 1.165) is 64.8 Å². The molecule has 0 aromatic heterocycles. The van der Waals surface area contributed by atoms with Gasteiger partial charge in [0.25, 0.3) is 0 Å². The molecule has 104 valence electrons. The fourth-order valence-corrected chi connectivity index (χ4v) is 4.04. The van der Waals surface area contributed by atoms with Gasteiger partial charge in [-0.25, -0.2) is 0 Å². The first-order valence-electron chi connectivity index (χ1n) is 7.32. The van der Waals surface area contributed by atoms with Crippen LogP contribution in [0.4, 0.5) is 0 Å². The highest BCUT2D eigenvalue weighted by atomic mass is 16.5. The number of hydrogen-bond acceptors (Lipinski definition) is 4. The monoisotopic (exact) mass is 255 g/mol. The summed E-state index contributed by atoms with van der Waals surface area (Å²) in [5, 5.41) is 10.8. The smallest absolute Gasteiger partial charge is 0.0730 e. The van der Waals surface area contributed by atoms with Gasteiger partial charge in [0.1, 0.15) is 0 Å². The van der Waals surface area contributed by atoms with Crippen molar-refractivity contribution in [1.82, 2.24) is 0 Å². The Kier molecular flexibility index (Phi) is 3.39. The summed E-state index contributed by atoms with van der Waals surface area (Å²) in [5.41, 5.74) is 5.42. The molecule has 4 nitrogen and oxygen atoms in total. The maximum Gasteiger partial charge on any atom is 0.0730 e. The Balaban J connectivity index is 1.70. The summed E-state index contributed by atoms with van der Waals surface area (Å²) in [6.45, 7) is 2.37. The number of aliphatic hydroxyl groups is 1. The van der Waals surface area contributed by atoms with Gasteiger partial charge in [-0.3, -0.25) is 0 Å². The molecule has 3 N–H and O–H groups in total. The van der Waals surface area contributed by atoms with Crippen molar-refractivity contribution in [3.05, 3.63) is 0 Å². The zero-order valence-electron chi connectivity index (χ0n) is 11.1. The van der Waals surface area contributed by atoms with Gasteiger partial charge in [0, 0.05) is 25.9 Å². The van der Waals surface area contributed by atoms with Crippen LogP contribution in [0.1, 0.15) is 44.9 Å². The van der Waals surface area contributed by atoms with Gasteiger partial charge in [-0.05, 0) is 50.9 Å². The lowest BCUT2D eigenvalue weighted by molar-refractivity contribution is -0.174. The molecule has 2 aliphatic heterocycles. The average Bonchev–Trinajstić information content (AvgIpc) is 2.72. The lowest BCUT2D eigenvalue weighted by atomic mass is 9.72. The SMILES string of the molecule is NC1CCC(O)(C2CCOC3(CCOCC3)C2)C1. The van der Waals surface area contributed by atoms with Crippen LogP contribution in [0.25, 0.3) is 0 Å². The lowest BCUT2D eigenvalue weighted by Gasteiger charge is -2.47. The van der Waals surface area contributed by atoms with E-state index in [2.05, 4.69) is 0 Å². The molecule has 3 rings (SSSR count). The number of rotatable bonds is 1. The van der Waals surface area contributed by atoms with E-state index in [1.54, 1.807) is 0 Å². The maximum absolute atomic E-state index is 10.8. The van der Waals surface area contributed by atoms with Crippen LogP contribution < -0.4 is 5.73 Å². The van der Waals surface area contributed by atoms with Crippen molar-refractivity contribution < 1.29 is 14.6 Å². The van der Waals surface area contributed by atoms with Gasteiger partial charge in [-0.15, -0.1) is 0 Å². The first kappa shape index (κ1) is 12.9. The van der Waals surface area contributed by atoms with E-state index in [1.807, 2.05) is 0 Å². The lowest BCUT2D eigenvalue weighted by Crippen LogP contribution is -2.50. The van der Waals surface area contributed by atoms with Crippen molar-refractivity contribution in [2.45, 2.75) is 62.2 Å². The third-order valence-corrected chi connectivity index (χ3v) is 5.22. The minimum absolute atomic E-state index is 0.0242. The van der Waals surface area contributed by atoms with Gasteiger partial charge in [0.05, 0.1) is 11.2 Å². The summed E-state index contributed by atoms with van der Waals surface area (Å²) in [5.74, 6) is 0.359. The van der Waals surface area contributed by atoms with Crippen molar-refractivity contribution in [3.8, 4) is 0 Å². The molecular weight excluding hydrogens is 230 g/mol. The van der Waals surface area contributed by atoms with E-state index in [-0.39, 0.29) is 11.6 Å². The molecule has 2 saturated heterocycles. The first-order valence-corrected chi connectivity index (χ1v) is 7.32. The number of nitrogens with two attached hydrogens (primary N) is 1. The molecule has 1 saturated carbocycles. The molecule has 0 aromatic carbocycles. The van der Waals surface area contributed by atoms with Crippen LogP contribution in [0.15, 0.2) is 0 Å². The normalized spacial score (nSPS) is 44.3. The highest BCUT2D eigenvalue weighted by Crippen LogP contribution is 2.46. The van der Waals surface area contributed by atoms with Gasteiger partial charge in [0.2, 0.25) is 0 Å². The van der Waals surface area contributed by atoms with Crippen LogP contribution in [0.2, 0.25) is 0 Å². The van der Waals surface area contributed by atoms with Crippen LogP contribution in [-0.4, -0.2) is 42.2 Å². The van der Waals surface area contributed by atoms with Gasteiger partial charge in [-0.2, -0.15) is 0 Å². The second-order valence-electron chi connectivity index (χ2n) is 6.44. The van der Waals surface area contributed by atoms with Crippen LogP contribution in [0.3, 0.4) is 0 Å². The fourth-order valence-electron chi connectivity index (χ4n) is 4.04. The predicted octanol–water partition coefficient (Wildman–Crippen LogP) is 1.20. The van der Waals surface area contributed by atoms with Crippen LogP contribution in [0, 0.1) is 5.92 Å². The van der Waals surface area contributed by atoms with Gasteiger partial charge in [0.15, 0.2) is 0 Å². The summed E-state index contributed by atoms with van der Waals surface area (Å²) in [4.78, 5) is 0. The number of hydrogen-bond donors (Lipinski definition) is 2. The summed E-state index contributed by atoms with van der Waals surface area (Å²) >= 11 is 0. The third kappa shape index (κ3) is 2.31. The predicted molar refractivity (Wildman–Crippen MR) is 68.2 cm³/mol. The molecule has 2 heterocycles. The van der Waals surface area contributed by atoms with E-state index in [4.69, 9.17) is 15.2 Å². The molecule has 3 aliphatic rings. The molecule has 1 aliphatic carbocycles. The first-order chi connectivity index (χ1) is 8.62. The number of ether oxygens (including phenoxy) is 2. The zero-order valence-corrected chi connectivity index (χ0v) is 11.1. The molecule has 0 aromatic rings. The zero-order chi connectivity index (χ0) is 12.6. The van der Waals surface area contributed by atoms with E-state index in [9.17, 15) is 5.11 Å². The summed E-state index contributed by atoms with van der Waals surface area (Å²) in [7, 11) is 0. The Morgan fingerprint density at radius 1 is 1.00 bits per heavy atom. The standard InChI is InChI=1S/C14H25NO3/c15-12-1-3-14(16,10-12)11-2-6-18-13(9-11)4-7-17-8-5-13/h11-12,16H,1-10,15H2. The Morgan fingerprint density at radius 3 is 2.44 bits per heavy atom. The maximum atomic E-state index is 10.8. The molecule has 4 heteroatoms. The van der Waals surface area contributed by atoms with Crippen molar-refractivity contribution >= 4 is 0 Å². The highest BCUT2D eigenvalue weighted by molar-refractivity contribution is 5.01. The van der Waals surface area contributed by atoms with Crippen LogP contribution in [-0.2, 0) is 9.47 Å². The third-order valence-electron chi connectivity index (χ3n) is 5.22. The Hall–Kier alpha value is -0.160. The summed E-state index contributed by atoms with van der Waals surface area (Å²) in [6, 6.07) is 0.184. The van der Waals surface area contributed by atoms with Crippen molar-refractivity contribution in [2.75, 3.05) is 19.8 Å². The van der Waals surface area contributed by atoms with Gasteiger partial charge in [-0.1, -0.05) is 0 Å². The Bertz CT molecular complexity index is 298. The molecule has 1 spiro atoms. The molecule has 3 fully saturated rings. The largest absolute Gasteiger partial charge is 0.390 e. The highest BCUT2D eigenvalue weighted by Gasteiger charge is 2.48. The van der Waals surface area contributed by atoms with E-state index in [1.165, 1.54) is 0 Å².